The maximum Gasteiger partial charge on any atom is 0.251 e. The van der Waals surface area contributed by atoms with Crippen LogP contribution in [0.25, 0.3) is 0 Å². The predicted octanol–water partition coefficient (Wildman–Crippen LogP) is 0.880. The number of benzene rings is 1. The number of piperazine rings is 1. The van der Waals surface area contributed by atoms with Crippen LogP contribution >= 0.6 is 0 Å². The summed E-state index contributed by atoms with van der Waals surface area (Å²) in [5.41, 5.74) is 6.99. The van der Waals surface area contributed by atoms with Gasteiger partial charge in [-0.1, -0.05) is 30.3 Å². The van der Waals surface area contributed by atoms with E-state index in [0.717, 1.165) is 52.0 Å². The van der Waals surface area contributed by atoms with Gasteiger partial charge in [0, 0.05) is 39.3 Å². The van der Waals surface area contributed by atoms with Crippen molar-refractivity contribution in [3.63, 3.8) is 0 Å². The van der Waals surface area contributed by atoms with E-state index >= 15 is 0 Å². The Morgan fingerprint density at radius 1 is 1.13 bits per heavy atom. The topological polar surface area (TPSA) is 58.8 Å². The Balaban J connectivity index is 1.41. The highest BCUT2D eigenvalue weighted by Crippen LogP contribution is 2.21. The van der Waals surface area contributed by atoms with E-state index in [9.17, 15) is 4.79 Å². The molecular formula is C18H27N3O2. The molecule has 2 heterocycles. The fraction of sp³-hybridized carbons (Fsp3) is 0.611. The van der Waals surface area contributed by atoms with Crippen molar-refractivity contribution >= 4 is 5.91 Å². The highest BCUT2D eigenvalue weighted by atomic mass is 16.5. The quantitative estimate of drug-likeness (QED) is 0.876. The molecule has 2 fully saturated rings. The van der Waals surface area contributed by atoms with E-state index in [4.69, 9.17) is 10.5 Å². The second-order valence-corrected chi connectivity index (χ2v) is 6.46. The fourth-order valence-electron chi connectivity index (χ4n) is 3.39. The van der Waals surface area contributed by atoms with Crippen LogP contribution in [0, 0.1) is 0 Å². The van der Waals surface area contributed by atoms with Crippen molar-refractivity contribution in [3.05, 3.63) is 35.9 Å². The summed E-state index contributed by atoms with van der Waals surface area (Å²) >= 11 is 0. The monoisotopic (exact) mass is 317 g/mol. The molecule has 0 spiro atoms. The minimum Gasteiger partial charge on any atom is -0.364 e. The highest BCUT2D eigenvalue weighted by molar-refractivity contribution is 5.81. The molecule has 2 aliphatic heterocycles. The molecule has 3 rings (SSSR count). The zero-order chi connectivity index (χ0) is 16.1. The zero-order valence-electron chi connectivity index (χ0n) is 13.7. The molecule has 126 valence electrons. The lowest BCUT2D eigenvalue weighted by Gasteiger charge is -2.35. The Kier molecular flexibility index (Phi) is 5.65. The van der Waals surface area contributed by atoms with Crippen molar-refractivity contribution in [2.24, 2.45) is 5.73 Å². The number of carbonyl (C=O) groups is 1. The summed E-state index contributed by atoms with van der Waals surface area (Å²) in [4.78, 5) is 16.9. The van der Waals surface area contributed by atoms with Crippen molar-refractivity contribution in [2.45, 2.75) is 31.5 Å². The van der Waals surface area contributed by atoms with Gasteiger partial charge in [0.25, 0.3) is 5.91 Å². The number of hydrogen-bond acceptors (Lipinski definition) is 4. The third-order valence-corrected chi connectivity index (χ3v) is 4.89. The first-order chi connectivity index (χ1) is 11.3. The average molecular weight is 317 g/mol. The first kappa shape index (κ1) is 16.4. The van der Waals surface area contributed by atoms with Crippen molar-refractivity contribution in [1.29, 1.82) is 0 Å². The summed E-state index contributed by atoms with van der Waals surface area (Å²) in [5, 5.41) is 0. The Bertz CT molecular complexity index is 500. The van der Waals surface area contributed by atoms with Crippen LogP contribution in [-0.4, -0.2) is 67.2 Å². The summed E-state index contributed by atoms with van der Waals surface area (Å²) < 4.78 is 5.73. The Hall–Kier alpha value is -1.43. The lowest BCUT2D eigenvalue weighted by atomic mass is 10.1. The van der Waals surface area contributed by atoms with Crippen molar-refractivity contribution in [3.8, 4) is 0 Å². The SMILES string of the molecule is NC[C@H]1CC[C@@H](C(=O)N2CCN(CCc3ccccc3)CC2)O1. The van der Waals surface area contributed by atoms with Gasteiger partial charge in [0.15, 0.2) is 0 Å². The fourth-order valence-corrected chi connectivity index (χ4v) is 3.39. The number of rotatable bonds is 5. The number of carbonyl (C=O) groups excluding carboxylic acids is 1. The number of amides is 1. The van der Waals surface area contributed by atoms with Gasteiger partial charge in [0.2, 0.25) is 0 Å². The Morgan fingerprint density at radius 2 is 1.87 bits per heavy atom. The van der Waals surface area contributed by atoms with Crippen LogP contribution in [0.3, 0.4) is 0 Å². The van der Waals surface area contributed by atoms with Gasteiger partial charge < -0.3 is 15.4 Å². The van der Waals surface area contributed by atoms with Gasteiger partial charge in [-0.3, -0.25) is 9.69 Å². The minimum atomic E-state index is -0.264. The molecule has 1 aromatic rings. The van der Waals surface area contributed by atoms with Gasteiger partial charge in [-0.2, -0.15) is 0 Å². The van der Waals surface area contributed by atoms with Crippen LogP contribution in [0.5, 0.6) is 0 Å². The molecular weight excluding hydrogens is 290 g/mol. The van der Waals surface area contributed by atoms with Crippen LogP contribution in [0.15, 0.2) is 30.3 Å². The van der Waals surface area contributed by atoms with Gasteiger partial charge in [-0.15, -0.1) is 0 Å². The van der Waals surface area contributed by atoms with Gasteiger partial charge in [0.1, 0.15) is 6.10 Å². The smallest absolute Gasteiger partial charge is 0.251 e. The first-order valence-corrected chi connectivity index (χ1v) is 8.67. The molecule has 0 bridgehead atoms. The maximum absolute atomic E-state index is 12.5. The number of nitrogens with two attached hydrogens (primary N) is 1. The van der Waals surface area contributed by atoms with E-state index in [1.54, 1.807) is 0 Å². The Morgan fingerprint density at radius 3 is 2.52 bits per heavy atom. The summed E-state index contributed by atoms with van der Waals surface area (Å²) in [6.45, 7) is 5.08. The third kappa shape index (κ3) is 4.31. The second-order valence-electron chi connectivity index (χ2n) is 6.46. The van der Waals surface area contributed by atoms with Gasteiger partial charge >= 0.3 is 0 Å². The standard InChI is InChI=1S/C18H27N3O2/c19-14-16-6-7-17(23-16)18(22)21-12-10-20(11-13-21)9-8-15-4-2-1-3-5-15/h1-5,16-17H,6-14,19H2/t16-,17+/m1/s1. The van der Waals surface area contributed by atoms with E-state index in [-0.39, 0.29) is 18.1 Å². The van der Waals surface area contributed by atoms with Gasteiger partial charge in [-0.25, -0.2) is 0 Å². The lowest BCUT2D eigenvalue weighted by Crippen LogP contribution is -2.51. The molecule has 5 nitrogen and oxygen atoms in total. The molecule has 2 aliphatic rings. The largest absolute Gasteiger partial charge is 0.364 e. The van der Waals surface area contributed by atoms with Gasteiger partial charge in [0.05, 0.1) is 6.10 Å². The molecule has 0 unspecified atom stereocenters. The van der Waals surface area contributed by atoms with Crippen LogP contribution in [-0.2, 0) is 16.0 Å². The van der Waals surface area contributed by atoms with Crippen molar-refractivity contribution in [1.82, 2.24) is 9.80 Å². The zero-order valence-corrected chi connectivity index (χ0v) is 13.7. The van der Waals surface area contributed by atoms with E-state index in [0.29, 0.717) is 6.54 Å². The van der Waals surface area contributed by atoms with Crippen LogP contribution in [0.1, 0.15) is 18.4 Å². The second kappa shape index (κ2) is 7.90. The van der Waals surface area contributed by atoms with Crippen molar-refractivity contribution in [2.75, 3.05) is 39.3 Å². The van der Waals surface area contributed by atoms with E-state index < -0.39 is 0 Å². The average Bonchev–Trinajstić information content (AvgIpc) is 3.10. The molecule has 0 aromatic heterocycles. The number of nitrogens with zero attached hydrogens (tertiary/aromatic N) is 2. The first-order valence-electron chi connectivity index (χ1n) is 8.67. The summed E-state index contributed by atoms with van der Waals surface area (Å²) in [7, 11) is 0. The molecule has 1 amide bonds. The highest BCUT2D eigenvalue weighted by Gasteiger charge is 2.33. The lowest BCUT2D eigenvalue weighted by molar-refractivity contribution is -0.144. The van der Waals surface area contributed by atoms with Crippen LogP contribution in [0.4, 0.5) is 0 Å². The summed E-state index contributed by atoms with van der Waals surface area (Å²) in [6, 6.07) is 10.6. The molecule has 0 saturated carbocycles. The molecule has 5 heteroatoms. The Labute approximate surface area is 138 Å². The van der Waals surface area contributed by atoms with E-state index in [1.165, 1.54) is 5.56 Å². The number of ether oxygens (including phenoxy) is 1. The third-order valence-electron chi connectivity index (χ3n) is 4.89. The molecule has 0 radical (unpaired) electrons. The molecule has 2 N–H and O–H groups in total. The maximum atomic E-state index is 12.5. The van der Waals surface area contributed by atoms with Crippen LogP contribution in [0.2, 0.25) is 0 Å². The molecule has 1 aromatic carbocycles. The molecule has 23 heavy (non-hydrogen) atoms. The van der Waals surface area contributed by atoms with E-state index in [2.05, 4.69) is 29.2 Å². The summed E-state index contributed by atoms with van der Waals surface area (Å²) in [5.74, 6) is 0.156. The van der Waals surface area contributed by atoms with Crippen molar-refractivity contribution < 1.29 is 9.53 Å². The van der Waals surface area contributed by atoms with Gasteiger partial charge in [-0.05, 0) is 24.8 Å². The summed E-state index contributed by atoms with van der Waals surface area (Å²) in [6.07, 6.45) is 2.59. The predicted molar refractivity (Wildman–Crippen MR) is 90.1 cm³/mol. The molecule has 2 saturated heterocycles. The molecule has 0 aliphatic carbocycles. The minimum absolute atomic E-state index is 0.0658. The normalized spacial score (nSPS) is 25.7. The van der Waals surface area contributed by atoms with E-state index in [1.807, 2.05) is 11.0 Å². The van der Waals surface area contributed by atoms with Crippen LogP contribution < -0.4 is 5.73 Å². The molecule has 2 atom stereocenters. The number of hydrogen-bond donors (Lipinski definition) is 1.